The third-order valence-corrected chi connectivity index (χ3v) is 5.22. The molecule has 0 aromatic heterocycles. The van der Waals surface area contributed by atoms with Crippen LogP contribution in [0.25, 0.3) is 0 Å². The summed E-state index contributed by atoms with van der Waals surface area (Å²) >= 11 is 0. The zero-order chi connectivity index (χ0) is 16.6. The Morgan fingerprint density at radius 2 is 2.00 bits per heavy atom. The first kappa shape index (κ1) is 16.1. The summed E-state index contributed by atoms with van der Waals surface area (Å²) in [7, 11) is 2.87. The summed E-state index contributed by atoms with van der Waals surface area (Å²) in [5.74, 6) is 0.611. The number of hydrogen-bond donors (Lipinski definition) is 0. The first-order chi connectivity index (χ1) is 11.0. The van der Waals surface area contributed by atoms with Gasteiger partial charge in [-0.1, -0.05) is 0 Å². The number of hydrogen-bond acceptors (Lipinski definition) is 4. The molecule has 2 heterocycles. The number of likely N-dealkylation sites (tertiary alicyclic amines) is 2. The Kier molecular flexibility index (Phi) is 4.46. The minimum Gasteiger partial charge on any atom is -0.453 e. The van der Waals surface area contributed by atoms with Gasteiger partial charge in [-0.15, -0.1) is 0 Å². The van der Waals surface area contributed by atoms with Gasteiger partial charge in [0, 0.05) is 38.6 Å². The lowest BCUT2D eigenvalue weighted by molar-refractivity contribution is -0.145. The molecule has 0 unspecified atom stereocenters. The predicted octanol–water partition coefficient (Wildman–Crippen LogP) is 0.687. The van der Waals surface area contributed by atoms with Gasteiger partial charge in [0.2, 0.25) is 11.8 Å². The van der Waals surface area contributed by atoms with Crippen LogP contribution >= 0.6 is 0 Å². The highest BCUT2D eigenvalue weighted by molar-refractivity contribution is 5.82. The van der Waals surface area contributed by atoms with E-state index in [4.69, 9.17) is 0 Å². The Hall–Kier alpha value is -1.79. The molecular weight excluding hydrogens is 298 g/mol. The van der Waals surface area contributed by atoms with Crippen molar-refractivity contribution in [1.82, 2.24) is 14.7 Å². The van der Waals surface area contributed by atoms with Crippen molar-refractivity contribution >= 4 is 17.9 Å². The molecule has 0 spiro atoms. The standard InChI is InChI=1S/C16H25N3O4/c1-17(16(22)23-2)10-15(21)18-8-7-13-11(9-18)3-6-14(20)19(13)12-4-5-12/h11-13H,3-10H2,1-2H3/t11-,13+/m0/s1. The van der Waals surface area contributed by atoms with Crippen LogP contribution in [0.5, 0.6) is 0 Å². The van der Waals surface area contributed by atoms with E-state index in [-0.39, 0.29) is 12.5 Å². The Labute approximate surface area is 136 Å². The normalized spacial score (nSPS) is 27.5. The molecule has 1 saturated carbocycles. The van der Waals surface area contributed by atoms with Crippen LogP contribution in [0.15, 0.2) is 0 Å². The topological polar surface area (TPSA) is 70.2 Å². The quantitative estimate of drug-likeness (QED) is 0.766. The number of likely N-dealkylation sites (N-methyl/N-ethyl adjacent to an activating group) is 1. The van der Waals surface area contributed by atoms with Crippen molar-refractivity contribution in [3.8, 4) is 0 Å². The van der Waals surface area contributed by atoms with Crippen LogP contribution < -0.4 is 0 Å². The smallest absolute Gasteiger partial charge is 0.409 e. The van der Waals surface area contributed by atoms with Crippen molar-refractivity contribution in [3.63, 3.8) is 0 Å². The van der Waals surface area contributed by atoms with Crippen LogP contribution in [-0.2, 0) is 14.3 Å². The predicted molar refractivity (Wildman–Crippen MR) is 82.6 cm³/mol. The lowest BCUT2D eigenvalue weighted by Gasteiger charge is -2.47. The number of rotatable bonds is 3. The maximum atomic E-state index is 12.4. The molecule has 23 heavy (non-hydrogen) atoms. The summed E-state index contributed by atoms with van der Waals surface area (Å²) in [6, 6.07) is 0.745. The van der Waals surface area contributed by atoms with Crippen molar-refractivity contribution < 1.29 is 19.1 Å². The Balaban J connectivity index is 1.58. The fourth-order valence-electron chi connectivity index (χ4n) is 3.87. The van der Waals surface area contributed by atoms with Gasteiger partial charge in [-0.05, 0) is 31.6 Å². The molecule has 3 amide bonds. The van der Waals surface area contributed by atoms with E-state index in [1.54, 1.807) is 7.05 Å². The van der Waals surface area contributed by atoms with Crippen molar-refractivity contribution in [1.29, 1.82) is 0 Å². The molecule has 7 nitrogen and oxygen atoms in total. The van der Waals surface area contributed by atoms with Crippen LogP contribution in [0.2, 0.25) is 0 Å². The minimum atomic E-state index is -0.503. The second-order valence-electron chi connectivity index (χ2n) is 6.85. The number of ether oxygens (including phenoxy) is 1. The molecule has 0 bridgehead atoms. The summed E-state index contributed by atoms with van der Waals surface area (Å²) in [5.41, 5.74) is 0. The number of amides is 3. The van der Waals surface area contributed by atoms with Crippen LogP contribution in [0.3, 0.4) is 0 Å². The molecule has 2 saturated heterocycles. The van der Waals surface area contributed by atoms with Crippen molar-refractivity contribution in [2.24, 2.45) is 5.92 Å². The number of carbonyl (C=O) groups is 3. The van der Waals surface area contributed by atoms with Gasteiger partial charge in [-0.3, -0.25) is 9.59 Å². The molecule has 3 rings (SSSR count). The summed E-state index contributed by atoms with van der Waals surface area (Å²) < 4.78 is 4.62. The van der Waals surface area contributed by atoms with Crippen molar-refractivity contribution in [2.45, 2.75) is 44.2 Å². The fraction of sp³-hybridized carbons (Fsp3) is 0.812. The number of fused-ring (bicyclic) bond motifs is 1. The number of piperidine rings is 2. The first-order valence-electron chi connectivity index (χ1n) is 8.39. The van der Waals surface area contributed by atoms with E-state index in [0.29, 0.717) is 43.4 Å². The Morgan fingerprint density at radius 3 is 2.65 bits per heavy atom. The monoisotopic (exact) mass is 323 g/mol. The van der Waals surface area contributed by atoms with Gasteiger partial charge in [0.05, 0.1) is 7.11 Å². The van der Waals surface area contributed by atoms with Crippen LogP contribution in [-0.4, -0.2) is 78.5 Å². The van der Waals surface area contributed by atoms with Gasteiger partial charge in [0.1, 0.15) is 6.54 Å². The van der Waals surface area contributed by atoms with Crippen molar-refractivity contribution in [2.75, 3.05) is 33.8 Å². The second kappa shape index (κ2) is 6.37. The third-order valence-electron chi connectivity index (χ3n) is 5.22. The molecule has 0 radical (unpaired) electrons. The molecule has 2 aliphatic heterocycles. The van der Waals surface area contributed by atoms with E-state index in [2.05, 4.69) is 9.64 Å². The van der Waals surface area contributed by atoms with Gasteiger partial charge in [-0.25, -0.2) is 4.79 Å². The van der Waals surface area contributed by atoms with E-state index in [1.807, 2.05) is 4.90 Å². The maximum absolute atomic E-state index is 12.4. The number of methoxy groups -OCH3 is 1. The van der Waals surface area contributed by atoms with Gasteiger partial charge >= 0.3 is 6.09 Å². The average molecular weight is 323 g/mol. The largest absolute Gasteiger partial charge is 0.453 e. The van der Waals surface area contributed by atoms with Gasteiger partial charge in [0.15, 0.2) is 0 Å². The highest BCUT2D eigenvalue weighted by Gasteiger charge is 2.45. The average Bonchev–Trinajstić information content (AvgIpc) is 3.38. The summed E-state index contributed by atoms with van der Waals surface area (Å²) in [5, 5.41) is 0. The zero-order valence-electron chi connectivity index (χ0n) is 13.9. The Morgan fingerprint density at radius 1 is 1.26 bits per heavy atom. The van der Waals surface area contributed by atoms with Crippen LogP contribution in [0.1, 0.15) is 32.1 Å². The van der Waals surface area contributed by atoms with Gasteiger partial charge < -0.3 is 19.4 Å². The lowest BCUT2D eigenvalue weighted by Crippen LogP contribution is -2.58. The zero-order valence-corrected chi connectivity index (χ0v) is 13.9. The van der Waals surface area contributed by atoms with E-state index < -0.39 is 6.09 Å². The molecule has 2 atom stereocenters. The lowest BCUT2D eigenvalue weighted by atomic mass is 9.83. The van der Waals surface area contributed by atoms with Crippen LogP contribution in [0, 0.1) is 5.92 Å². The molecule has 0 aromatic rings. The highest BCUT2D eigenvalue weighted by atomic mass is 16.5. The fourth-order valence-corrected chi connectivity index (χ4v) is 3.87. The van der Waals surface area contributed by atoms with Crippen molar-refractivity contribution in [3.05, 3.63) is 0 Å². The van der Waals surface area contributed by atoms with E-state index in [9.17, 15) is 14.4 Å². The van der Waals surface area contributed by atoms with E-state index >= 15 is 0 Å². The summed E-state index contributed by atoms with van der Waals surface area (Å²) in [6.07, 6.45) is 4.06. The molecular formula is C16H25N3O4. The molecule has 0 aromatic carbocycles. The summed E-state index contributed by atoms with van der Waals surface area (Å²) in [4.78, 5) is 41.2. The summed E-state index contributed by atoms with van der Waals surface area (Å²) in [6.45, 7) is 1.38. The van der Waals surface area contributed by atoms with Gasteiger partial charge in [-0.2, -0.15) is 0 Å². The Bertz CT molecular complexity index is 506. The molecule has 1 aliphatic carbocycles. The first-order valence-corrected chi connectivity index (χ1v) is 8.39. The molecule has 0 N–H and O–H groups in total. The second-order valence-corrected chi connectivity index (χ2v) is 6.85. The maximum Gasteiger partial charge on any atom is 0.409 e. The SMILES string of the molecule is COC(=O)N(C)CC(=O)N1CC[C@@H]2[C@@H](CCC(=O)N2C2CC2)C1. The minimum absolute atomic E-state index is 0.0370. The number of carbonyl (C=O) groups excluding carboxylic acids is 3. The molecule has 3 aliphatic rings. The molecule has 3 fully saturated rings. The van der Waals surface area contributed by atoms with E-state index in [1.165, 1.54) is 12.0 Å². The van der Waals surface area contributed by atoms with E-state index in [0.717, 1.165) is 25.7 Å². The molecule has 128 valence electrons. The highest BCUT2D eigenvalue weighted by Crippen LogP contribution is 2.38. The third kappa shape index (κ3) is 3.28. The van der Waals surface area contributed by atoms with Crippen LogP contribution in [0.4, 0.5) is 4.79 Å². The number of nitrogens with zero attached hydrogens (tertiary/aromatic N) is 3. The molecule has 7 heteroatoms. The van der Waals surface area contributed by atoms with Gasteiger partial charge in [0.25, 0.3) is 0 Å².